The van der Waals surface area contributed by atoms with Crippen molar-refractivity contribution < 1.29 is 18.8 Å². The predicted octanol–water partition coefficient (Wildman–Crippen LogP) is 2.89. The number of carbonyl (C=O) groups is 1. The first-order valence-electron chi connectivity index (χ1n) is 11.5. The van der Waals surface area contributed by atoms with E-state index in [1.807, 2.05) is 20.8 Å². The van der Waals surface area contributed by atoms with Crippen LogP contribution in [0.25, 0.3) is 0 Å². The molecule has 0 saturated carbocycles. The Balaban J connectivity index is 1.36. The minimum Gasteiger partial charge on any atom is -0.459 e. The average molecular weight is 428 g/mol. The molecule has 3 fully saturated rings. The number of hydrogen-bond acceptors (Lipinski definition) is 6. The first-order chi connectivity index (χ1) is 14.3. The maximum Gasteiger partial charge on any atom is 0.494 e. The molecule has 1 atom stereocenters. The van der Waals surface area contributed by atoms with Crippen LogP contribution in [-0.2, 0) is 18.8 Å². The van der Waals surface area contributed by atoms with E-state index in [0.717, 1.165) is 37.9 Å². The summed E-state index contributed by atoms with van der Waals surface area (Å²) in [5, 5.41) is 3.31. The largest absolute Gasteiger partial charge is 0.494 e. The monoisotopic (exact) mass is 428 g/mol. The van der Waals surface area contributed by atoms with Crippen molar-refractivity contribution in [2.45, 2.75) is 84.2 Å². The zero-order valence-electron chi connectivity index (χ0n) is 20.1. The minimum absolute atomic E-state index is 0.0292. The van der Waals surface area contributed by atoms with Gasteiger partial charge in [-0.3, -0.25) is 4.79 Å². The number of piperidine rings is 1. The van der Waals surface area contributed by atoms with Crippen molar-refractivity contribution in [3.8, 4) is 0 Å². The number of nitrogens with one attached hydrogen (secondary N) is 1. The molecule has 6 nitrogen and oxygen atoms in total. The summed E-state index contributed by atoms with van der Waals surface area (Å²) in [5.74, 6) is -0.112. The number of ether oxygens (including phenoxy) is 1. The summed E-state index contributed by atoms with van der Waals surface area (Å²) in [6.45, 7) is 16.8. The molecule has 0 amide bonds. The highest BCUT2D eigenvalue weighted by Gasteiger charge is 2.53. The van der Waals surface area contributed by atoms with Crippen molar-refractivity contribution in [1.29, 1.82) is 0 Å². The van der Waals surface area contributed by atoms with E-state index < -0.39 is 5.60 Å². The van der Waals surface area contributed by atoms with E-state index in [-0.39, 0.29) is 35.7 Å². The third kappa shape index (κ3) is 4.24. The number of benzene rings is 1. The minimum atomic E-state index is -0.449. The normalized spacial score (nSPS) is 26.6. The number of hydrogen-bond donors (Lipinski definition) is 1. The zero-order chi connectivity index (χ0) is 22.7. The molecule has 1 unspecified atom stereocenters. The molecule has 3 saturated heterocycles. The van der Waals surface area contributed by atoms with Crippen LogP contribution in [-0.4, -0.2) is 55.6 Å². The van der Waals surface area contributed by atoms with Crippen molar-refractivity contribution in [2.75, 3.05) is 24.5 Å². The topological polar surface area (TPSA) is 60.0 Å². The first kappa shape index (κ1) is 22.6. The fourth-order valence-electron chi connectivity index (χ4n) is 4.68. The molecule has 3 aliphatic rings. The van der Waals surface area contributed by atoms with Crippen molar-refractivity contribution in [2.24, 2.45) is 5.41 Å². The number of anilines is 1. The molecule has 4 rings (SSSR count). The smallest absolute Gasteiger partial charge is 0.459 e. The summed E-state index contributed by atoms with van der Waals surface area (Å²) in [7, 11) is -0.334. The predicted molar refractivity (Wildman–Crippen MR) is 124 cm³/mol. The molecule has 3 aliphatic heterocycles. The lowest BCUT2D eigenvalue weighted by atomic mass is 9.66. The van der Waals surface area contributed by atoms with Crippen LogP contribution in [0.15, 0.2) is 24.3 Å². The summed E-state index contributed by atoms with van der Waals surface area (Å²) in [5.41, 5.74) is 1.16. The molecule has 0 radical (unpaired) electrons. The Hall–Kier alpha value is -1.57. The van der Waals surface area contributed by atoms with E-state index in [2.05, 4.69) is 62.2 Å². The van der Waals surface area contributed by atoms with Crippen LogP contribution in [0.5, 0.6) is 0 Å². The highest BCUT2D eigenvalue weighted by Crippen LogP contribution is 2.42. The Morgan fingerprint density at radius 1 is 1.06 bits per heavy atom. The molecular formula is C24H37BN2O4. The number of nitrogens with zero attached hydrogens (tertiary/aromatic N) is 1. The summed E-state index contributed by atoms with van der Waals surface area (Å²) in [6.07, 6.45) is 1.98. The Morgan fingerprint density at radius 2 is 1.61 bits per heavy atom. The molecule has 3 heterocycles. The highest BCUT2D eigenvalue weighted by atomic mass is 16.7. The fraction of sp³-hybridized carbons (Fsp3) is 0.708. The summed E-state index contributed by atoms with van der Waals surface area (Å²) >= 11 is 0. The number of rotatable bonds is 3. The van der Waals surface area contributed by atoms with E-state index in [9.17, 15) is 4.79 Å². The second-order valence-electron chi connectivity index (χ2n) is 11.4. The van der Waals surface area contributed by atoms with Gasteiger partial charge < -0.3 is 24.3 Å². The maximum absolute atomic E-state index is 12.6. The van der Waals surface area contributed by atoms with Crippen molar-refractivity contribution in [3.05, 3.63) is 24.3 Å². The Morgan fingerprint density at radius 3 is 2.06 bits per heavy atom. The van der Waals surface area contributed by atoms with Gasteiger partial charge in [-0.1, -0.05) is 12.1 Å². The van der Waals surface area contributed by atoms with E-state index >= 15 is 0 Å². The van der Waals surface area contributed by atoms with Crippen LogP contribution in [0, 0.1) is 5.41 Å². The summed E-state index contributed by atoms with van der Waals surface area (Å²) in [4.78, 5) is 15.0. The van der Waals surface area contributed by atoms with Gasteiger partial charge in [0.1, 0.15) is 11.6 Å². The van der Waals surface area contributed by atoms with Gasteiger partial charge in [-0.2, -0.15) is 0 Å². The summed E-state index contributed by atoms with van der Waals surface area (Å²) in [6, 6.07) is 8.34. The Kier molecular flexibility index (Phi) is 5.47. The van der Waals surface area contributed by atoms with Crippen LogP contribution in [0.1, 0.15) is 61.3 Å². The van der Waals surface area contributed by atoms with Gasteiger partial charge in [-0.05, 0) is 78.9 Å². The molecule has 0 aromatic heterocycles. The van der Waals surface area contributed by atoms with Gasteiger partial charge in [-0.15, -0.1) is 0 Å². The van der Waals surface area contributed by atoms with E-state index in [0.29, 0.717) is 0 Å². The first-order valence-corrected chi connectivity index (χ1v) is 11.5. The summed E-state index contributed by atoms with van der Waals surface area (Å²) < 4.78 is 18.0. The molecule has 1 N–H and O–H groups in total. The van der Waals surface area contributed by atoms with Gasteiger partial charge in [0.2, 0.25) is 0 Å². The molecule has 31 heavy (non-hydrogen) atoms. The molecule has 1 aromatic carbocycles. The van der Waals surface area contributed by atoms with Gasteiger partial charge in [0.15, 0.2) is 0 Å². The SMILES string of the molecule is CC(C)(C)OC(=O)C1NCC12CCN(c1ccc(B3OC(C)(C)C(C)(C)O3)cc1)CC2. The standard InChI is InChI=1S/C24H37BN2O4/c1-21(2,3)29-20(28)19-24(16-26-19)12-14-27(15-13-24)18-10-8-17(9-11-18)25-30-22(4,5)23(6,7)31-25/h8-11,19,26H,12-16H2,1-7H3. The van der Waals surface area contributed by atoms with Crippen LogP contribution >= 0.6 is 0 Å². The van der Waals surface area contributed by atoms with Crippen LogP contribution in [0.4, 0.5) is 5.69 Å². The van der Waals surface area contributed by atoms with Gasteiger partial charge >= 0.3 is 13.1 Å². The second kappa shape index (κ2) is 7.50. The van der Waals surface area contributed by atoms with Crippen molar-refractivity contribution >= 4 is 24.2 Å². The molecule has 0 aliphatic carbocycles. The Bertz CT molecular complexity index is 807. The molecule has 170 valence electrons. The molecule has 7 heteroatoms. The fourth-order valence-corrected chi connectivity index (χ4v) is 4.68. The van der Waals surface area contributed by atoms with E-state index in [4.69, 9.17) is 14.0 Å². The third-order valence-electron chi connectivity index (χ3n) is 7.46. The van der Waals surface area contributed by atoms with Crippen molar-refractivity contribution in [1.82, 2.24) is 5.32 Å². The van der Waals surface area contributed by atoms with Crippen LogP contribution < -0.4 is 15.7 Å². The van der Waals surface area contributed by atoms with Gasteiger partial charge in [0.25, 0.3) is 0 Å². The van der Waals surface area contributed by atoms with Gasteiger partial charge in [-0.25, -0.2) is 0 Å². The average Bonchev–Trinajstić information content (AvgIpc) is 2.87. The lowest BCUT2D eigenvalue weighted by Crippen LogP contribution is -2.69. The lowest BCUT2D eigenvalue weighted by Gasteiger charge is -2.53. The van der Waals surface area contributed by atoms with Gasteiger partial charge in [0.05, 0.1) is 11.2 Å². The van der Waals surface area contributed by atoms with E-state index in [1.54, 1.807) is 0 Å². The molecule has 1 aromatic rings. The number of carbonyl (C=O) groups excluding carboxylic acids is 1. The van der Waals surface area contributed by atoms with E-state index in [1.165, 1.54) is 5.69 Å². The van der Waals surface area contributed by atoms with Crippen LogP contribution in [0.3, 0.4) is 0 Å². The third-order valence-corrected chi connectivity index (χ3v) is 7.46. The lowest BCUT2D eigenvalue weighted by molar-refractivity contribution is -0.167. The zero-order valence-corrected chi connectivity index (χ0v) is 20.1. The quantitative estimate of drug-likeness (QED) is 0.590. The number of esters is 1. The molecule has 1 spiro atoms. The van der Waals surface area contributed by atoms with Crippen molar-refractivity contribution in [3.63, 3.8) is 0 Å². The molecular weight excluding hydrogens is 391 g/mol. The second-order valence-corrected chi connectivity index (χ2v) is 11.4. The highest BCUT2D eigenvalue weighted by molar-refractivity contribution is 6.62. The molecule has 0 bridgehead atoms. The van der Waals surface area contributed by atoms with Gasteiger partial charge in [0, 0.05) is 30.7 Å². The Labute approximate surface area is 187 Å². The maximum atomic E-state index is 12.6. The van der Waals surface area contributed by atoms with Crippen LogP contribution in [0.2, 0.25) is 0 Å².